The van der Waals surface area contributed by atoms with Gasteiger partial charge in [0.05, 0.1) is 6.26 Å². The first-order valence-corrected chi connectivity index (χ1v) is 6.10. The number of nitrogens with one attached hydrogen (secondary N) is 1. The summed E-state index contributed by atoms with van der Waals surface area (Å²) in [5.41, 5.74) is 2.24. The van der Waals surface area contributed by atoms with E-state index >= 15 is 0 Å². The third kappa shape index (κ3) is 3.11. The highest BCUT2D eigenvalue weighted by Crippen LogP contribution is 2.27. The molecule has 0 fully saturated rings. The highest BCUT2D eigenvalue weighted by molar-refractivity contribution is 6.30. The van der Waals surface area contributed by atoms with Crippen LogP contribution in [0.5, 0.6) is 0 Å². The predicted octanol–water partition coefficient (Wildman–Crippen LogP) is 4.10. The summed E-state index contributed by atoms with van der Waals surface area (Å²) in [7, 11) is 0. The second kappa shape index (κ2) is 5.39. The van der Waals surface area contributed by atoms with Crippen LogP contribution in [-0.4, -0.2) is 6.04 Å². The van der Waals surface area contributed by atoms with Crippen LogP contribution in [0.3, 0.4) is 0 Å². The van der Waals surface area contributed by atoms with E-state index in [1.54, 1.807) is 6.26 Å². The average Bonchev–Trinajstić information content (AvgIpc) is 2.80. The van der Waals surface area contributed by atoms with Crippen molar-refractivity contribution in [3.05, 3.63) is 47.2 Å². The number of rotatable bonds is 4. The van der Waals surface area contributed by atoms with Crippen LogP contribution in [0.4, 0.5) is 0 Å². The number of hydrogen-bond donors (Lipinski definition) is 1. The van der Waals surface area contributed by atoms with Crippen LogP contribution in [-0.2, 0) is 6.54 Å². The highest BCUT2D eigenvalue weighted by atomic mass is 35.5. The monoisotopic (exact) mass is 249 g/mol. The van der Waals surface area contributed by atoms with Crippen molar-refractivity contribution >= 4 is 11.6 Å². The van der Waals surface area contributed by atoms with E-state index < -0.39 is 0 Å². The third-order valence-corrected chi connectivity index (χ3v) is 2.79. The standard InChI is InChI=1S/C14H16ClNO/c1-10(2)16-9-11-5-6-12(15)8-13(11)14-4-3-7-17-14/h3-8,10,16H,9H2,1-2H3. The van der Waals surface area contributed by atoms with E-state index in [-0.39, 0.29) is 0 Å². The van der Waals surface area contributed by atoms with Crippen LogP contribution in [0.2, 0.25) is 5.02 Å². The third-order valence-electron chi connectivity index (χ3n) is 2.56. The molecule has 0 spiro atoms. The molecule has 0 aliphatic heterocycles. The van der Waals surface area contributed by atoms with Crippen LogP contribution in [0.1, 0.15) is 19.4 Å². The van der Waals surface area contributed by atoms with Gasteiger partial charge >= 0.3 is 0 Å². The van der Waals surface area contributed by atoms with Gasteiger partial charge < -0.3 is 9.73 Å². The van der Waals surface area contributed by atoms with Gasteiger partial charge in [-0.15, -0.1) is 0 Å². The molecule has 2 nitrogen and oxygen atoms in total. The molecule has 2 aromatic rings. The molecule has 0 bridgehead atoms. The first-order chi connectivity index (χ1) is 8.16. The van der Waals surface area contributed by atoms with Crippen molar-refractivity contribution in [2.24, 2.45) is 0 Å². The molecule has 17 heavy (non-hydrogen) atoms. The second-order valence-corrected chi connectivity index (χ2v) is 4.75. The molecule has 1 heterocycles. The lowest BCUT2D eigenvalue weighted by Gasteiger charge is -2.11. The van der Waals surface area contributed by atoms with Gasteiger partial charge in [0.15, 0.2) is 0 Å². The summed E-state index contributed by atoms with van der Waals surface area (Å²) in [4.78, 5) is 0. The Balaban J connectivity index is 2.31. The Kier molecular flexibility index (Phi) is 3.87. The van der Waals surface area contributed by atoms with E-state index in [4.69, 9.17) is 16.0 Å². The Morgan fingerprint density at radius 2 is 2.12 bits per heavy atom. The van der Waals surface area contributed by atoms with E-state index in [0.29, 0.717) is 6.04 Å². The zero-order valence-electron chi connectivity index (χ0n) is 10.0. The molecule has 0 saturated carbocycles. The normalized spacial score (nSPS) is 11.1. The van der Waals surface area contributed by atoms with Crippen molar-refractivity contribution in [1.29, 1.82) is 0 Å². The van der Waals surface area contributed by atoms with Gasteiger partial charge in [0.25, 0.3) is 0 Å². The van der Waals surface area contributed by atoms with Crippen LogP contribution < -0.4 is 5.32 Å². The van der Waals surface area contributed by atoms with E-state index in [0.717, 1.165) is 22.9 Å². The van der Waals surface area contributed by atoms with Gasteiger partial charge in [0, 0.05) is 23.2 Å². The minimum Gasteiger partial charge on any atom is -0.464 e. The van der Waals surface area contributed by atoms with E-state index in [1.807, 2.05) is 30.3 Å². The minimum absolute atomic E-state index is 0.454. The maximum atomic E-state index is 6.03. The summed E-state index contributed by atoms with van der Waals surface area (Å²) in [5, 5.41) is 4.13. The molecule has 2 rings (SSSR count). The zero-order valence-corrected chi connectivity index (χ0v) is 10.8. The largest absolute Gasteiger partial charge is 0.464 e. The molecule has 90 valence electrons. The maximum absolute atomic E-state index is 6.03. The van der Waals surface area contributed by atoms with Gasteiger partial charge in [-0.1, -0.05) is 31.5 Å². The van der Waals surface area contributed by atoms with E-state index in [2.05, 4.69) is 19.2 Å². The van der Waals surface area contributed by atoms with Crippen LogP contribution in [0.25, 0.3) is 11.3 Å². The molecule has 1 aromatic heterocycles. The number of hydrogen-bond acceptors (Lipinski definition) is 2. The van der Waals surface area contributed by atoms with Crippen LogP contribution >= 0.6 is 11.6 Å². The van der Waals surface area contributed by atoms with Crippen molar-refractivity contribution in [3.8, 4) is 11.3 Å². The fourth-order valence-corrected chi connectivity index (χ4v) is 1.85. The molecule has 1 N–H and O–H groups in total. The molecule has 0 unspecified atom stereocenters. The molecule has 0 saturated heterocycles. The number of benzene rings is 1. The molecule has 0 atom stereocenters. The maximum Gasteiger partial charge on any atom is 0.134 e. The second-order valence-electron chi connectivity index (χ2n) is 4.31. The Hall–Kier alpha value is -1.25. The Morgan fingerprint density at radius 3 is 2.76 bits per heavy atom. The van der Waals surface area contributed by atoms with E-state index in [9.17, 15) is 0 Å². The first kappa shape index (κ1) is 12.2. The van der Waals surface area contributed by atoms with Gasteiger partial charge in [-0.05, 0) is 29.8 Å². The van der Waals surface area contributed by atoms with Gasteiger partial charge in [-0.2, -0.15) is 0 Å². The van der Waals surface area contributed by atoms with Crippen molar-refractivity contribution in [2.75, 3.05) is 0 Å². The Morgan fingerprint density at radius 1 is 1.29 bits per heavy atom. The van der Waals surface area contributed by atoms with Gasteiger partial charge in [0.1, 0.15) is 5.76 Å². The SMILES string of the molecule is CC(C)NCc1ccc(Cl)cc1-c1ccco1. The summed E-state index contributed by atoms with van der Waals surface area (Å²) >= 11 is 6.03. The summed E-state index contributed by atoms with van der Waals surface area (Å²) in [5.74, 6) is 0.855. The number of furan rings is 1. The summed E-state index contributed by atoms with van der Waals surface area (Å²) in [6.45, 7) is 5.07. The lowest BCUT2D eigenvalue weighted by molar-refractivity contribution is 0.573. The lowest BCUT2D eigenvalue weighted by Crippen LogP contribution is -2.22. The van der Waals surface area contributed by atoms with Gasteiger partial charge in [0.2, 0.25) is 0 Å². The average molecular weight is 250 g/mol. The smallest absolute Gasteiger partial charge is 0.134 e. The summed E-state index contributed by atoms with van der Waals surface area (Å²) < 4.78 is 5.44. The fourth-order valence-electron chi connectivity index (χ4n) is 1.68. The first-order valence-electron chi connectivity index (χ1n) is 5.72. The van der Waals surface area contributed by atoms with Gasteiger partial charge in [-0.25, -0.2) is 0 Å². The van der Waals surface area contributed by atoms with E-state index in [1.165, 1.54) is 5.56 Å². The fraction of sp³-hybridized carbons (Fsp3) is 0.286. The zero-order chi connectivity index (χ0) is 12.3. The molecule has 0 aliphatic carbocycles. The molecular formula is C14H16ClNO. The Bertz CT molecular complexity index is 477. The van der Waals surface area contributed by atoms with Crippen molar-refractivity contribution < 1.29 is 4.42 Å². The molecular weight excluding hydrogens is 234 g/mol. The van der Waals surface area contributed by atoms with Crippen LogP contribution in [0, 0.1) is 0 Å². The predicted molar refractivity (Wildman–Crippen MR) is 71.1 cm³/mol. The van der Waals surface area contributed by atoms with Crippen molar-refractivity contribution in [1.82, 2.24) is 5.32 Å². The summed E-state index contributed by atoms with van der Waals surface area (Å²) in [6.07, 6.45) is 1.68. The molecule has 0 amide bonds. The molecule has 0 radical (unpaired) electrons. The van der Waals surface area contributed by atoms with Gasteiger partial charge in [-0.3, -0.25) is 0 Å². The number of halogens is 1. The van der Waals surface area contributed by atoms with Crippen molar-refractivity contribution in [2.45, 2.75) is 26.4 Å². The topological polar surface area (TPSA) is 25.2 Å². The highest BCUT2D eigenvalue weighted by Gasteiger charge is 2.08. The summed E-state index contributed by atoms with van der Waals surface area (Å²) in [6, 6.07) is 10.2. The van der Waals surface area contributed by atoms with Crippen molar-refractivity contribution in [3.63, 3.8) is 0 Å². The molecule has 0 aliphatic rings. The quantitative estimate of drug-likeness (QED) is 0.883. The Labute approximate surface area is 107 Å². The lowest BCUT2D eigenvalue weighted by atomic mass is 10.1. The van der Waals surface area contributed by atoms with Crippen LogP contribution in [0.15, 0.2) is 41.0 Å². The molecule has 1 aromatic carbocycles. The molecule has 3 heteroatoms. The minimum atomic E-state index is 0.454.